The zero-order valence-corrected chi connectivity index (χ0v) is 14.0. The molecule has 23 heavy (non-hydrogen) atoms. The Hall–Kier alpha value is -2.05. The molecule has 3 aromatic rings. The summed E-state index contributed by atoms with van der Waals surface area (Å²) in [4.78, 5) is 14.6. The zero-order chi connectivity index (χ0) is 16.2. The monoisotopic (exact) mass is 328 g/mol. The lowest BCUT2D eigenvalue weighted by Crippen LogP contribution is -2.24. The Balaban J connectivity index is 2.00. The van der Waals surface area contributed by atoms with Crippen molar-refractivity contribution in [2.45, 2.75) is 38.8 Å². The minimum Gasteiger partial charge on any atom is -0.393 e. The summed E-state index contributed by atoms with van der Waals surface area (Å²) in [6.07, 6.45) is 3.00. The van der Waals surface area contributed by atoms with Crippen molar-refractivity contribution in [1.29, 1.82) is 0 Å². The summed E-state index contributed by atoms with van der Waals surface area (Å²) in [6.45, 7) is 3.91. The Bertz CT molecular complexity index is 773. The molecule has 6 heteroatoms. The number of aliphatic hydroxyl groups excluding tert-OH is 1. The van der Waals surface area contributed by atoms with E-state index in [0.717, 1.165) is 28.1 Å². The third-order valence-corrected chi connectivity index (χ3v) is 4.48. The minimum absolute atomic E-state index is 0.171. The van der Waals surface area contributed by atoms with Crippen LogP contribution in [-0.2, 0) is 0 Å². The van der Waals surface area contributed by atoms with Gasteiger partial charge < -0.3 is 10.4 Å². The number of hydrogen-bond acceptors (Lipinski definition) is 6. The smallest absolute Gasteiger partial charge is 0.181 e. The number of pyridine rings is 1. The molecule has 0 saturated carbocycles. The largest absolute Gasteiger partial charge is 0.393 e. The maximum atomic E-state index is 9.66. The van der Waals surface area contributed by atoms with Crippen LogP contribution in [0.15, 0.2) is 35.8 Å². The number of nitrogens with zero attached hydrogens (tertiary/aromatic N) is 3. The average Bonchev–Trinajstić information content (AvgIpc) is 3.03. The van der Waals surface area contributed by atoms with E-state index in [2.05, 4.69) is 27.2 Å². The molecule has 2 atom stereocenters. The topological polar surface area (TPSA) is 70.9 Å². The Labute approximate surface area is 139 Å². The Morgan fingerprint density at radius 1 is 1.26 bits per heavy atom. The summed E-state index contributed by atoms with van der Waals surface area (Å²) >= 11 is 1.59. The Morgan fingerprint density at radius 3 is 2.83 bits per heavy atom. The first-order valence-corrected chi connectivity index (χ1v) is 8.66. The van der Waals surface area contributed by atoms with Crippen LogP contribution in [0.2, 0.25) is 0 Å². The molecule has 3 rings (SSSR count). The van der Waals surface area contributed by atoms with Gasteiger partial charge in [-0.15, -0.1) is 11.3 Å². The number of thiophene rings is 1. The van der Waals surface area contributed by atoms with Crippen LogP contribution in [0, 0.1) is 0 Å². The maximum Gasteiger partial charge on any atom is 0.181 e. The van der Waals surface area contributed by atoms with Gasteiger partial charge in [-0.2, -0.15) is 0 Å². The fraction of sp³-hybridized carbons (Fsp3) is 0.353. The predicted octanol–water partition coefficient (Wildman–Crippen LogP) is 3.71. The van der Waals surface area contributed by atoms with Gasteiger partial charge in [0.05, 0.1) is 11.5 Å². The third-order valence-electron chi connectivity index (χ3n) is 3.68. The molecule has 0 bridgehead atoms. The van der Waals surface area contributed by atoms with Gasteiger partial charge in [0.15, 0.2) is 5.82 Å². The van der Waals surface area contributed by atoms with Crippen molar-refractivity contribution >= 4 is 27.4 Å². The molecule has 3 aromatic heterocycles. The van der Waals surface area contributed by atoms with Crippen molar-refractivity contribution in [2.75, 3.05) is 5.32 Å². The number of nitrogens with one attached hydrogen (secondary N) is 1. The van der Waals surface area contributed by atoms with E-state index in [9.17, 15) is 5.11 Å². The number of aromatic nitrogens is 3. The zero-order valence-electron chi connectivity index (χ0n) is 13.2. The minimum atomic E-state index is -0.345. The van der Waals surface area contributed by atoms with Crippen LogP contribution in [0.1, 0.15) is 26.7 Å². The van der Waals surface area contributed by atoms with Crippen LogP contribution in [0.25, 0.3) is 21.7 Å². The number of fused-ring (bicyclic) bond motifs is 1. The van der Waals surface area contributed by atoms with E-state index >= 15 is 0 Å². The molecule has 0 aromatic carbocycles. The molecule has 5 nitrogen and oxygen atoms in total. The summed E-state index contributed by atoms with van der Waals surface area (Å²) in [6, 6.07) is 7.91. The highest BCUT2D eigenvalue weighted by Crippen LogP contribution is 2.28. The first-order valence-electron chi connectivity index (χ1n) is 7.78. The van der Waals surface area contributed by atoms with Crippen molar-refractivity contribution in [3.63, 3.8) is 0 Å². The Kier molecular flexibility index (Phi) is 4.83. The SMILES string of the molecule is CCC(CC(C)O)Nc1nc(-c2ccccn2)nc2sccc12. The molecule has 0 aliphatic rings. The highest BCUT2D eigenvalue weighted by Gasteiger charge is 2.15. The second-order valence-electron chi connectivity index (χ2n) is 5.58. The molecular formula is C17H20N4OS. The molecule has 2 N–H and O–H groups in total. The lowest BCUT2D eigenvalue weighted by molar-refractivity contribution is 0.176. The van der Waals surface area contributed by atoms with Crippen molar-refractivity contribution in [3.05, 3.63) is 35.8 Å². The molecule has 3 heterocycles. The highest BCUT2D eigenvalue weighted by molar-refractivity contribution is 7.16. The van der Waals surface area contributed by atoms with Crippen molar-refractivity contribution in [2.24, 2.45) is 0 Å². The van der Waals surface area contributed by atoms with Gasteiger partial charge in [-0.05, 0) is 43.3 Å². The first-order chi connectivity index (χ1) is 11.2. The van der Waals surface area contributed by atoms with Crippen molar-refractivity contribution < 1.29 is 5.11 Å². The summed E-state index contributed by atoms with van der Waals surface area (Å²) in [7, 11) is 0. The molecule has 0 fully saturated rings. The van der Waals surface area contributed by atoms with E-state index in [1.807, 2.05) is 36.6 Å². The Morgan fingerprint density at radius 2 is 2.13 bits per heavy atom. The molecule has 2 unspecified atom stereocenters. The summed E-state index contributed by atoms with van der Waals surface area (Å²) in [5, 5.41) is 16.2. The van der Waals surface area contributed by atoms with Crippen molar-refractivity contribution in [3.8, 4) is 11.5 Å². The van der Waals surface area contributed by atoms with Gasteiger partial charge in [0.2, 0.25) is 0 Å². The molecule has 120 valence electrons. The molecule has 0 aliphatic carbocycles. The molecule has 0 amide bonds. The molecule has 0 spiro atoms. The van der Waals surface area contributed by atoms with E-state index in [0.29, 0.717) is 12.2 Å². The van der Waals surface area contributed by atoms with E-state index < -0.39 is 0 Å². The van der Waals surface area contributed by atoms with Crippen LogP contribution < -0.4 is 5.32 Å². The van der Waals surface area contributed by atoms with Crippen LogP contribution in [0.3, 0.4) is 0 Å². The lowest BCUT2D eigenvalue weighted by Gasteiger charge is -2.19. The third kappa shape index (κ3) is 3.65. The molecule has 0 saturated heterocycles. The second kappa shape index (κ2) is 7.02. The fourth-order valence-corrected chi connectivity index (χ4v) is 3.27. The average molecular weight is 328 g/mol. The first kappa shape index (κ1) is 15.8. The standard InChI is InChI=1S/C17H20N4OS/c1-3-12(10-11(2)22)19-15-13-7-9-23-17(13)21-16(20-15)14-6-4-5-8-18-14/h4-9,11-12,22H,3,10H2,1-2H3,(H,19,20,21). The van der Waals surface area contributed by atoms with E-state index in [1.165, 1.54) is 0 Å². The lowest BCUT2D eigenvalue weighted by atomic mass is 10.1. The van der Waals surface area contributed by atoms with Gasteiger partial charge in [-0.3, -0.25) is 4.98 Å². The fourth-order valence-electron chi connectivity index (χ4n) is 2.51. The van der Waals surface area contributed by atoms with Crippen LogP contribution in [-0.4, -0.2) is 32.2 Å². The number of hydrogen-bond donors (Lipinski definition) is 2. The summed E-state index contributed by atoms with van der Waals surface area (Å²) in [5.74, 6) is 1.43. The van der Waals surface area contributed by atoms with E-state index in [-0.39, 0.29) is 12.1 Å². The van der Waals surface area contributed by atoms with Crippen LogP contribution in [0.5, 0.6) is 0 Å². The molecule has 0 radical (unpaired) electrons. The summed E-state index contributed by atoms with van der Waals surface area (Å²) in [5.41, 5.74) is 0.759. The highest BCUT2D eigenvalue weighted by atomic mass is 32.1. The van der Waals surface area contributed by atoms with Gasteiger partial charge in [0.25, 0.3) is 0 Å². The molecule has 0 aliphatic heterocycles. The van der Waals surface area contributed by atoms with Gasteiger partial charge in [-0.25, -0.2) is 9.97 Å². The predicted molar refractivity (Wildman–Crippen MR) is 94.6 cm³/mol. The van der Waals surface area contributed by atoms with Gasteiger partial charge >= 0.3 is 0 Å². The van der Waals surface area contributed by atoms with E-state index in [1.54, 1.807) is 17.5 Å². The number of aliphatic hydroxyl groups is 1. The van der Waals surface area contributed by atoms with Crippen molar-refractivity contribution in [1.82, 2.24) is 15.0 Å². The maximum absolute atomic E-state index is 9.66. The van der Waals surface area contributed by atoms with Crippen LogP contribution in [0.4, 0.5) is 5.82 Å². The normalized spacial score (nSPS) is 13.9. The number of anilines is 1. The van der Waals surface area contributed by atoms with Crippen LogP contribution >= 0.6 is 11.3 Å². The van der Waals surface area contributed by atoms with Gasteiger partial charge in [-0.1, -0.05) is 13.0 Å². The van der Waals surface area contributed by atoms with Gasteiger partial charge in [0.1, 0.15) is 16.3 Å². The number of rotatable bonds is 6. The summed E-state index contributed by atoms with van der Waals surface area (Å²) < 4.78 is 0. The van der Waals surface area contributed by atoms with Gasteiger partial charge in [0, 0.05) is 12.2 Å². The molecular weight excluding hydrogens is 308 g/mol. The quantitative estimate of drug-likeness (QED) is 0.722. The second-order valence-corrected chi connectivity index (χ2v) is 6.48. The van der Waals surface area contributed by atoms with E-state index in [4.69, 9.17) is 0 Å².